The predicted molar refractivity (Wildman–Crippen MR) is 115 cm³/mol. The number of piperidine rings is 1. The molecule has 1 saturated heterocycles. The van der Waals surface area contributed by atoms with Gasteiger partial charge < -0.3 is 14.5 Å². The molecule has 0 spiro atoms. The highest BCUT2D eigenvalue weighted by Crippen LogP contribution is 2.29. The summed E-state index contributed by atoms with van der Waals surface area (Å²) in [5.74, 6) is 1.51. The van der Waals surface area contributed by atoms with Crippen molar-refractivity contribution in [3.63, 3.8) is 0 Å². The molecular weight excluding hydrogens is 348 g/mol. The Labute approximate surface area is 169 Å². The minimum Gasteiger partial charge on any atom is -0.497 e. The van der Waals surface area contributed by atoms with Crippen LogP contribution < -0.4 is 9.64 Å². The number of hydrogen-bond acceptors (Lipinski definition) is 3. The molecule has 0 aromatic heterocycles. The second kappa shape index (κ2) is 9.24. The largest absolute Gasteiger partial charge is 0.497 e. The normalized spacial score (nSPS) is 15.6. The number of nitrogens with zero attached hydrogens (tertiary/aromatic N) is 2. The molecule has 0 N–H and O–H groups in total. The minimum absolute atomic E-state index is 0.0653. The molecule has 3 rings (SSSR count). The number of hydrogen-bond donors (Lipinski definition) is 0. The number of carbonyl (C=O) groups is 1. The molecule has 1 fully saturated rings. The van der Waals surface area contributed by atoms with Gasteiger partial charge in [0.05, 0.1) is 7.11 Å². The van der Waals surface area contributed by atoms with Crippen molar-refractivity contribution in [3.8, 4) is 5.75 Å². The zero-order valence-corrected chi connectivity index (χ0v) is 17.5. The number of aryl methyl sites for hydroxylation is 1. The van der Waals surface area contributed by atoms with Crippen LogP contribution in [0.1, 0.15) is 42.6 Å². The highest BCUT2D eigenvalue weighted by atomic mass is 16.5. The van der Waals surface area contributed by atoms with Crippen molar-refractivity contribution in [2.45, 2.75) is 39.7 Å². The van der Waals surface area contributed by atoms with Crippen LogP contribution in [0.2, 0.25) is 0 Å². The van der Waals surface area contributed by atoms with E-state index in [1.54, 1.807) is 7.11 Å². The van der Waals surface area contributed by atoms with Gasteiger partial charge >= 0.3 is 0 Å². The predicted octanol–water partition coefficient (Wildman–Crippen LogP) is 4.77. The van der Waals surface area contributed by atoms with E-state index in [-0.39, 0.29) is 11.9 Å². The van der Waals surface area contributed by atoms with Crippen LogP contribution in [0.3, 0.4) is 0 Å². The molecule has 0 unspecified atom stereocenters. The first kappa shape index (κ1) is 20.4. The number of amides is 1. The SMILES string of the molecule is COc1cccc(N(C(=O)c2ccc(C)cc2)C2CCN(CC(C)C)CC2)c1. The Bertz CT molecular complexity index is 777. The summed E-state index contributed by atoms with van der Waals surface area (Å²) in [6.07, 6.45) is 1.98. The van der Waals surface area contributed by atoms with Crippen LogP contribution in [0.15, 0.2) is 48.5 Å². The van der Waals surface area contributed by atoms with Gasteiger partial charge in [-0.25, -0.2) is 0 Å². The number of rotatable bonds is 6. The average Bonchev–Trinajstić information content (AvgIpc) is 2.70. The molecule has 0 atom stereocenters. The molecule has 0 bridgehead atoms. The lowest BCUT2D eigenvalue weighted by molar-refractivity contribution is 0.0957. The zero-order valence-electron chi connectivity index (χ0n) is 17.5. The lowest BCUT2D eigenvalue weighted by Crippen LogP contribution is -2.48. The summed E-state index contributed by atoms with van der Waals surface area (Å²) in [5, 5.41) is 0. The first-order valence-electron chi connectivity index (χ1n) is 10.2. The molecule has 28 heavy (non-hydrogen) atoms. The van der Waals surface area contributed by atoms with E-state index in [1.165, 1.54) is 0 Å². The summed E-state index contributed by atoms with van der Waals surface area (Å²) in [7, 11) is 1.66. The van der Waals surface area contributed by atoms with Gasteiger partial charge in [-0.1, -0.05) is 37.6 Å². The van der Waals surface area contributed by atoms with Crippen molar-refractivity contribution in [2.75, 3.05) is 31.6 Å². The smallest absolute Gasteiger partial charge is 0.258 e. The van der Waals surface area contributed by atoms with Gasteiger partial charge in [0, 0.05) is 43.0 Å². The van der Waals surface area contributed by atoms with E-state index < -0.39 is 0 Å². The maximum atomic E-state index is 13.5. The molecule has 1 heterocycles. The van der Waals surface area contributed by atoms with Gasteiger partial charge in [-0.3, -0.25) is 4.79 Å². The van der Waals surface area contributed by atoms with Crippen molar-refractivity contribution in [1.82, 2.24) is 4.90 Å². The third-order valence-corrected chi connectivity index (χ3v) is 5.39. The van der Waals surface area contributed by atoms with Crippen LogP contribution in [0, 0.1) is 12.8 Å². The molecule has 0 radical (unpaired) electrons. The quantitative estimate of drug-likeness (QED) is 0.724. The second-order valence-electron chi connectivity index (χ2n) is 8.17. The first-order chi connectivity index (χ1) is 13.5. The Morgan fingerprint density at radius 3 is 2.43 bits per heavy atom. The van der Waals surface area contributed by atoms with Crippen LogP contribution in [-0.2, 0) is 0 Å². The Hall–Kier alpha value is -2.33. The standard InChI is InChI=1S/C24H32N2O2/c1-18(2)17-25-14-12-21(13-15-25)26(22-6-5-7-23(16-22)28-4)24(27)20-10-8-19(3)9-11-20/h5-11,16,18,21H,12-15,17H2,1-4H3. The lowest BCUT2D eigenvalue weighted by Gasteiger charge is -2.39. The number of likely N-dealkylation sites (tertiary alicyclic amines) is 1. The molecule has 1 amide bonds. The summed E-state index contributed by atoms with van der Waals surface area (Å²) < 4.78 is 5.41. The van der Waals surface area contributed by atoms with E-state index in [4.69, 9.17) is 4.74 Å². The van der Waals surface area contributed by atoms with Crippen molar-refractivity contribution >= 4 is 11.6 Å². The molecule has 4 heteroatoms. The van der Waals surface area contributed by atoms with Gasteiger partial charge in [-0.2, -0.15) is 0 Å². The summed E-state index contributed by atoms with van der Waals surface area (Å²) in [4.78, 5) is 18.0. The molecule has 1 aliphatic heterocycles. The van der Waals surface area contributed by atoms with Crippen LogP contribution >= 0.6 is 0 Å². The van der Waals surface area contributed by atoms with Gasteiger partial charge in [-0.05, 0) is 49.9 Å². The summed E-state index contributed by atoms with van der Waals surface area (Å²) in [6, 6.07) is 15.9. The molecule has 0 saturated carbocycles. The first-order valence-corrected chi connectivity index (χ1v) is 10.2. The monoisotopic (exact) mass is 380 g/mol. The maximum Gasteiger partial charge on any atom is 0.258 e. The van der Waals surface area contributed by atoms with Crippen LogP contribution in [0.4, 0.5) is 5.69 Å². The average molecular weight is 381 g/mol. The summed E-state index contributed by atoms with van der Waals surface area (Å²) in [5.41, 5.74) is 2.80. The van der Waals surface area contributed by atoms with Gasteiger partial charge in [0.2, 0.25) is 0 Å². The minimum atomic E-state index is 0.0653. The Balaban J connectivity index is 1.86. The van der Waals surface area contributed by atoms with Gasteiger partial charge in [-0.15, -0.1) is 0 Å². The van der Waals surface area contributed by atoms with E-state index >= 15 is 0 Å². The summed E-state index contributed by atoms with van der Waals surface area (Å²) >= 11 is 0. The fraction of sp³-hybridized carbons (Fsp3) is 0.458. The highest BCUT2D eigenvalue weighted by Gasteiger charge is 2.30. The van der Waals surface area contributed by atoms with Crippen molar-refractivity contribution in [2.24, 2.45) is 5.92 Å². The fourth-order valence-electron chi connectivity index (χ4n) is 3.97. The van der Waals surface area contributed by atoms with E-state index in [9.17, 15) is 4.79 Å². The van der Waals surface area contributed by atoms with Crippen molar-refractivity contribution in [3.05, 3.63) is 59.7 Å². The van der Waals surface area contributed by atoms with Crippen LogP contribution in [0.25, 0.3) is 0 Å². The van der Waals surface area contributed by atoms with E-state index in [1.807, 2.05) is 60.4 Å². The molecule has 4 nitrogen and oxygen atoms in total. The Kier molecular flexibility index (Phi) is 6.74. The zero-order chi connectivity index (χ0) is 20.1. The van der Waals surface area contributed by atoms with Crippen molar-refractivity contribution < 1.29 is 9.53 Å². The number of ether oxygens (including phenoxy) is 1. The second-order valence-corrected chi connectivity index (χ2v) is 8.17. The lowest BCUT2D eigenvalue weighted by atomic mass is 9.99. The number of carbonyl (C=O) groups excluding carboxylic acids is 1. The Morgan fingerprint density at radius 2 is 1.82 bits per heavy atom. The summed E-state index contributed by atoms with van der Waals surface area (Å²) in [6.45, 7) is 9.75. The molecule has 0 aliphatic carbocycles. The maximum absolute atomic E-state index is 13.5. The molecule has 2 aromatic rings. The highest BCUT2D eigenvalue weighted by molar-refractivity contribution is 6.06. The third kappa shape index (κ3) is 4.93. The molecule has 2 aromatic carbocycles. The van der Waals surface area contributed by atoms with Gasteiger partial charge in [0.25, 0.3) is 5.91 Å². The molecule has 150 valence electrons. The fourth-order valence-corrected chi connectivity index (χ4v) is 3.97. The van der Waals surface area contributed by atoms with Crippen LogP contribution in [0.5, 0.6) is 5.75 Å². The van der Waals surface area contributed by atoms with Gasteiger partial charge in [0.15, 0.2) is 0 Å². The molecule has 1 aliphatic rings. The van der Waals surface area contributed by atoms with E-state index in [0.717, 1.165) is 55.0 Å². The van der Waals surface area contributed by atoms with E-state index in [2.05, 4.69) is 18.7 Å². The van der Waals surface area contributed by atoms with E-state index in [0.29, 0.717) is 5.92 Å². The Morgan fingerprint density at radius 1 is 1.14 bits per heavy atom. The van der Waals surface area contributed by atoms with Crippen molar-refractivity contribution in [1.29, 1.82) is 0 Å². The molecular formula is C24H32N2O2. The number of anilines is 1. The van der Waals surface area contributed by atoms with Gasteiger partial charge in [0.1, 0.15) is 5.75 Å². The topological polar surface area (TPSA) is 32.8 Å². The number of benzene rings is 2. The third-order valence-electron chi connectivity index (χ3n) is 5.39. The van der Waals surface area contributed by atoms with Crippen LogP contribution in [-0.4, -0.2) is 43.6 Å². The number of methoxy groups -OCH3 is 1.